The van der Waals surface area contributed by atoms with Crippen molar-refractivity contribution in [2.24, 2.45) is 5.92 Å². The predicted molar refractivity (Wildman–Crippen MR) is 123 cm³/mol. The van der Waals surface area contributed by atoms with Crippen molar-refractivity contribution in [3.05, 3.63) is 40.6 Å². The first-order valence-electron chi connectivity index (χ1n) is 7.72. The smallest absolute Gasteiger partial charge is 0.339 e. The van der Waals surface area contributed by atoms with Gasteiger partial charge in [0.25, 0.3) is 10.1 Å². The van der Waals surface area contributed by atoms with Crippen LogP contribution in [0.4, 0.5) is 0 Å². The third kappa shape index (κ3) is 7.40. The number of rotatable bonds is 6. The molecule has 2 rings (SSSR count). The summed E-state index contributed by atoms with van der Waals surface area (Å²) in [6.45, 7) is -0.399. The van der Waals surface area contributed by atoms with Crippen molar-refractivity contribution in [3.8, 4) is 0 Å². The van der Waals surface area contributed by atoms with E-state index in [0.717, 1.165) is 10.7 Å². The van der Waals surface area contributed by atoms with Crippen molar-refractivity contribution >= 4 is 89.8 Å². The van der Waals surface area contributed by atoms with Gasteiger partial charge in [0.2, 0.25) is 0 Å². The van der Waals surface area contributed by atoms with E-state index in [2.05, 4.69) is 67.8 Å². The van der Waals surface area contributed by atoms with Crippen LogP contribution in [0.1, 0.15) is 23.2 Å². The van der Waals surface area contributed by atoms with Crippen molar-refractivity contribution in [1.82, 2.24) is 0 Å². The fourth-order valence-corrected chi connectivity index (χ4v) is 5.02. The summed E-state index contributed by atoms with van der Waals surface area (Å²) in [6.07, 6.45) is 3.67. The zero-order valence-corrected chi connectivity index (χ0v) is 21.0. The van der Waals surface area contributed by atoms with Crippen LogP contribution in [0.2, 0.25) is 0 Å². The van der Waals surface area contributed by atoms with Gasteiger partial charge in [-0.3, -0.25) is 9.35 Å². The summed E-state index contributed by atoms with van der Waals surface area (Å²) in [4.78, 5) is 24.3. The van der Waals surface area contributed by atoms with Gasteiger partial charge in [0, 0.05) is 10.7 Å². The SMILES string of the molecule is O=C(OC1C=CC(C(=O)OCCS(=O)(=O)O)CC1)c1cc(I)cc(I)c1I. The molecule has 0 fully saturated rings. The van der Waals surface area contributed by atoms with Gasteiger partial charge < -0.3 is 9.47 Å². The molecular formula is C16H15I3O7S. The lowest BCUT2D eigenvalue weighted by molar-refractivity contribution is -0.146. The predicted octanol–water partition coefficient (Wildman–Crippen LogP) is 3.42. The molecule has 0 aliphatic heterocycles. The Kier molecular flexibility index (Phi) is 8.76. The molecule has 0 amide bonds. The Morgan fingerprint density at radius 1 is 1.15 bits per heavy atom. The van der Waals surface area contributed by atoms with Gasteiger partial charge in [-0.2, -0.15) is 8.42 Å². The van der Waals surface area contributed by atoms with Crippen LogP contribution in [-0.4, -0.2) is 43.4 Å². The van der Waals surface area contributed by atoms with Crippen molar-refractivity contribution in [1.29, 1.82) is 0 Å². The Hall–Kier alpha value is 0.000000000000000333. The molecule has 1 aliphatic rings. The first-order valence-corrected chi connectivity index (χ1v) is 12.6. The summed E-state index contributed by atoms with van der Waals surface area (Å²) >= 11 is 6.42. The number of hydrogen-bond donors (Lipinski definition) is 1. The highest BCUT2D eigenvalue weighted by atomic mass is 127. The molecule has 1 aromatic rings. The molecule has 0 spiro atoms. The number of carbonyl (C=O) groups excluding carboxylic acids is 2. The minimum absolute atomic E-state index is 0.399. The largest absolute Gasteiger partial charge is 0.464 e. The molecule has 1 aromatic carbocycles. The van der Waals surface area contributed by atoms with Crippen LogP contribution in [0.25, 0.3) is 0 Å². The monoisotopic (exact) mass is 732 g/mol. The number of benzene rings is 1. The second-order valence-corrected chi connectivity index (χ2v) is 10.8. The van der Waals surface area contributed by atoms with Crippen LogP contribution in [0.15, 0.2) is 24.3 Å². The third-order valence-electron chi connectivity index (χ3n) is 3.68. The fraction of sp³-hybridized carbons (Fsp3) is 0.375. The minimum atomic E-state index is -4.16. The fourth-order valence-electron chi connectivity index (χ4n) is 2.35. The number of esters is 2. The molecule has 1 N–H and O–H groups in total. The van der Waals surface area contributed by atoms with Gasteiger partial charge in [0.1, 0.15) is 18.5 Å². The first-order chi connectivity index (χ1) is 12.6. The highest BCUT2D eigenvalue weighted by Crippen LogP contribution is 2.26. The maximum Gasteiger partial charge on any atom is 0.339 e. The lowest BCUT2D eigenvalue weighted by Gasteiger charge is -2.22. The van der Waals surface area contributed by atoms with Gasteiger partial charge in [-0.05, 0) is 98.8 Å². The number of hydrogen-bond acceptors (Lipinski definition) is 6. The molecule has 148 valence electrons. The Balaban J connectivity index is 1.91. The van der Waals surface area contributed by atoms with E-state index >= 15 is 0 Å². The van der Waals surface area contributed by atoms with Crippen LogP contribution >= 0.6 is 67.8 Å². The third-order valence-corrected chi connectivity index (χ3v) is 8.03. The Morgan fingerprint density at radius 2 is 1.85 bits per heavy atom. The molecule has 0 saturated heterocycles. The zero-order chi connectivity index (χ0) is 20.2. The zero-order valence-electron chi connectivity index (χ0n) is 13.7. The van der Waals surface area contributed by atoms with Crippen molar-refractivity contribution in [3.63, 3.8) is 0 Å². The molecule has 2 unspecified atom stereocenters. The van der Waals surface area contributed by atoms with Gasteiger partial charge >= 0.3 is 11.9 Å². The van der Waals surface area contributed by atoms with E-state index in [1.54, 1.807) is 18.2 Å². The van der Waals surface area contributed by atoms with Gasteiger partial charge in [-0.25, -0.2) is 4.79 Å². The van der Waals surface area contributed by atoms with E-state index < -0.39 is 46.4 Å². The van der Waals surface area contributed by atoms with Crippen molar-refractivity contribution in [2.75, 3.05) is 12.4 Å². The van der Waals surface area contributed by atoms with E-state index in [0.29, 0.717) is 18.4 Å². The highest BCUT2D eigenvalue weighted by molar-refractivity contribution is 14.1. The second kappa shape index (κ2) is 10.2. The van der Waals surface area contributed by atoms with Crippen molar-refractivity contribution in [2.45, 2.75) is 18.9 Å². The maximum atomic E-state index is 12.4. The summed E-state index contributed by atoms with van der Waals surface area (Å²) in [5.41, 5.74) is 0.507. The van der Waals surface area contributed by atoms with Crippen LogP contribution in [0.3, 0.4) is 0 Å². The van der Waals surface area contributed by atoms with Crippen LogP contribution < -0.4 is 0 Å². The number of carbonyl (C=O) groups is 2. The number of ether oxygens (including phenoxy) is 2. The molecule has 27 heavy (non-hydrogen) atoms. The minimum Gasteiger partial charge on any atom is -0.464 e. The molecule has 0 aromatic heterocycles. The van der Waals surface area contributed by atoms with E-state index in [9.17, 15) is 18.0 Å². The lowest BCUT2D eigenvalue weighted by Crippen LogP contribution is -2.26. The summed E-state index contributed by atoms with van der Waals surface area (Å²) in [6, 6.07) is 3.74. The quantitative estimate of drug-likeness (QED) is 0.157. The Morgan fingerprint density at radius 3 is 2.44 bits per heavy atom. The average Bonchev–Trinajstić information content (AvgIpc) is 2.57. The van der Waals surface area contributed by atoms with Crippen LogP contribution in [0.5, 0.6) is 0 Å². The van der Waals surface area contributed by atoms with Gasteiger partial charge in [-0.1, -0.05) is 6.08 Å². The molecule has 0 radical (unpaired) electrons. The van der Waals surface area contributed by atoms with Crippen molar-refractivity contribution < 1.29 is 32.0 Å². The van der Waals surface area contributed by atoms with E-state index in [4.69, 9.17) is 14.0 Å². The van der Waals surface area contributed by atoms with E-state index in [-0.39, 0.29) is 0 Å². The molecule has 2 atom stereocenters. The summed E-state index contributed by atoms with van der Waals surface area (Å²) in [7, 11) is -4.16. The molecule has 0 saturated carbocycles. The van der Waals surface area contributed by atoms with Crippen LogP contribution in [0, 0.1) is 16.6 Å². The van der Waals surface area contributed by atoms with E-state index in [1.807, 2.05) is 6.07 Å². The molecule has 0 bridgehead atoms. The lowest BCUT2D eigenvalue weighted by atomic mass is 9.94. The highest BCUT2D eigenvalue weighted by Gasteiger charge is 2.26. The van der Waals surface area contributed by atoms with E-state index in [1.165, 1.54) is 0 Å². The molecule has 7 nitrogen and oxygen atoms in total. The van der Waals surface area contributed by atoms with Crippen LogP contribution in [-0.2, 0) is 24.4 Å². The standard InChI is InChI=1S/C16H15I3O7S/c17-10-7-12(14(19)13(18)8-10)16(21)26-11-3-1-9(2-4-11)15(20)25-5-6-27(22,23)24/h1,3,7-9,11H,2,4-6H2,(H,22,23,24). The molecular weight excluding hydrogens is 717 g/mol. The first kappa shape index (κ1) is 23.3. The summed E-state index contributed by atoms with van der Waals surface area (Å²) in [5.74, 6) is -2.15. The topological polar surface area (TPSA) is 107 Å². The maximum absolute atomic E-state index is 12.4. The normalized spacial score (nSPS) is 19.6. The molecule has 1 aliphatic carbocycles. The average molecular weight is 732 g/mol. The Labute approximate surface area is 197 Å². The second-order valence-electron chi connectivity index (χ2n) is 5.72. The summed E-state index contributed by atoms with van der Waals surface area (Å²) in [5, 5.41) is 0. The Bertz CT molecular complexity index is 867. The molecule has 0 heterocycles. The summed E-state index contributed by atoms with van der Waals surface area (Å²) < 4.78 is 43.0. The van der Waals surface area contributed by atoms with Gasteiger partial charge in [0.05, 0.1) is 11.5 Å². The van der Waals surface area contributed by atoms with Gasteiger partial charge in [0.15, 0.2) is 0 Å². The molecule has 11 heteroatoms. The van der Waals surface area contributed by atoms with Gasteiger partial charge in [-0.15, -0.1) is 0 Å². The number of halogens is 3.